The predicted octanol–water partition coefficient (Wildman–Crippen LogP) is 1.32. The Kier molecular flexibility index (Phi) is 4.18. The van der Waals surface area contributed by atoms with E-state index in [4.69, 9.17) is 5.73 Å². The van der Waals surface area contributed by atoms with Gasteiger partial charge in [-0.3, -0.25) is 4.90 Å². The Balaban J connectivity index is 1.87. The van der Waals surface area contributed by atoms with Gasteiger partial charge in [-0.2, -0.15) is 0 Å². The third-order valence-corrected chi connectivity index (χ3v) is 3.88. The fourth-order valence-electron chi connectivity index (χ4n) is 2.48. The number of hydrogen-bond acceptors (Lipinski definition) is 3. The van der Waals surface area contributed by atoms with E-state index in [-0.39, 0.29) is 0 Å². The van der Waals surface area contributed by atoms with Crippen LogP contribution in [0.3, 0.4) is 0 Å². The Morgan fingerprint density at radius 1 is 1.41 bits per heavy atom. The molecular weight excluding hydrogens is 212 g/mol. The second-order valence-corrected chi connectivity index (χ2v) is 5.37. The summed E-state index contributed by atoms with van der Waals surface area (Å²) in [4.78, 5) is 6.95. The number of hydrogen-bond donors (Lipinski definition) is 1. The number of imidazole rings is 1. The van der Waals surface area contributed by atoms with Gasteiger partial charge in [0, 0.05) is 32.4 Å². The quantitative estimate of drug-likeness (QED) is 0.857. The molecule has 4 nitrogen and oxygen atoms in total. The molecule has 2 atom stereocenters. The topological polar surface area (TPSA) is 47.1 Å². The molecule has 1 aromatic rings. The molecule has 17 heavy (non-hydrogen) atoms. The Morgan fingerprint density at radius 2 is 2.24 bits per heavy atom. The Hall–Kier alpha value is -0.870. The summed E-state index contributed by atoms with van der Waals surface area (Å²) in [7, 11) is 0. The summed E-state index contributed by atoms with van der Waals surface area (Å²) in [6.45, 7) is 9.63. The van der Waals surface area contributed by atoms with Crippen LogP contribution in [0.5, 0.6) is 0 Å². The van der Waals surface area contributed by atoms with Crippen molar-refractivity contribution in [3.63, 3.8) is 0 Å². The maximum absolute atomic E-state index is 5.53. The van der Waals surface area contributed by atoms with Crippen molar-refractivity contribution in [1.29, 1.82) is 0 Å². The molecule has 4 heteroatoms. The van der Waals surface area contributed by atoms with Crippen molar-refractivity contribution in [2.24, 2.45) is 17.6 Å². The first-order valence-electron chi connectivity index (χ1n) is 6.62. The van der Waals surface area contributed by atoms with Crippen LogP contribution in [0.15, 0.2) is 12.5 Å². The zero-order valence-electron chi connectivity index (χ0n) is 11.0. The van der Waals surface area contributed by atoms with Crippen molar-refractivity contribution in [1.82, 2.24) is 14.5 Å². The molecular formula is C13H24N4. The Labute approximate surface area is 104 Å². The van der Waals surface area contributed by atoms with E-state index < -0.39 is 0 Å². The van der Waals surface area contributed by atoms with Crippen LogP contribution in [-0.4, -0.2) is 34.1 Å². The van der Waals surface area contributed by atoms with Gasteiger partial charge in [-0.15, -0.1) is 0 Å². The van der Waals surface area contributed by atoms with E-state index in [9.17, 15) is 0 Å². The highest BCUT2D eigenvalue weighted by Crippen LogP contribution is 2.23. The third-order valence-electron chi connectivity index (χ3n) is 3.88. The highest BCUT2D eigenvalue weighted by atomic mass is 15.2. The number of nitrogens with two attached hydrogens (primary N) is 1. The first-order chi connectivity index (χ1) is 8.19. The van der Waals surface area contributed by atoms with Gasteiger partial charge in [0.05, 0.1) is 12.0 Å². The molecule has 0 spiro atoms. The van der Waals surface area contributed by atoms with Crippen LogP contribution in [-0.2, 0) is 13.1 Å². The lowest BCUT2D eigenvalue weighted by molar-refractivity contribution is 0.131. The molecule has 0 saturated carbocycles. The van der Waals surface area contributed by atoms with E-state index >= 15 is 0 Å². The molecule has 2 unspecified atom stereocenters. The minimum Gasteiger partial charge on any atom is -0.336 e. The molecule has 2 heterocycles. The standard InChI is InChI=1S/C13H24N4/c1-11-3-5-16(7-12(11)2)8-13-9-17(6-4-14)10-15-13/h9-12H,3-8,14H2,1-2H3. The Bertz CT molecular complexity index is 347. The summed E-state index contributed by atoms with van der Waals surface area (Å²) in [5, 5.41) is 0. The lowest BCUT2D eigenvalue weighted by Gasteiger charge is -2.34. The SMILES string of the molecule is CC1CCN(Cc2cn(CCN)cn2)CC1C. The number of aromatic nitrogens is 2. The molecule has 0 amide bonds. The van der Waals surface area contributed by atoms with Crippen molar-refractivity contribution in [2.45, 2.75) is 33.4 Å². The Morgan fingerprint density at radius 3 is 2.94 bits per heavy atom. The van der Waals surface area contributed by atoms with Gasteiger partial charge in [-0.25, -0.2) is 4.98 Å². The minimum absolute atomic E-state index is 0.675. The molecule has 1 aliphatic rings. The van der Waals surface area contributed by atoms with Gasteiger partial charge in [-0.05, 0) is 24.8 Å². The van der Waals surface area contributed by atoms with Gasteiger partial charge < -0.3 is 10.3 Å². The smallest absolute Gasteiger partial charge is 0.0950 e. The van der Waals surface area contributed by atoms with Crippen LogP contribution in [0.1, 0.15) is 26.0 Å². The second-order valence-electron chi connectivity index (χ2n) is 5.37. The van der Waals surface area contributed by atoms with Gasteiger partial charge >= 0.3 is 0 Å². The summed E-state index contributed by atoms with van der Waals surface area (Å²) >= 11 is 0. The first kappa shape index (κ1) is 12.6. The molecule has 0 radical (unpaired) electrons. The van der Waals surface area contributed by atoms with Crippen molar-refractivity contribution in [3.8, 4) is 0 Å². The van der Waals surface area contributed by atoms with E-state index in [1.165, 1.54) is 25.2 Å². The lowest BCUT2D eigenvalue weighted by atomic mass is 9.89. The van der Waals surface area contributed by atoms with Gasteiger partial charge in [0.1, 0.15) is 0 Å². The van der Waals surface area contributed by atoms with Crippen LogP contribution in [0.4, 0.5) is 0 Å². The summed E-state index contributed by atoms with van der Waals surface area (Å²) in [5.41, 5.74) is 6.70. The summed E-state index contributed by atoms with van der Waals surface area (Å²) in [6, 6.07) is 0. The van der Waals surface area contributed by atoms with Crippen molar-refractivity contribution >= 4 is 0 Å². The molecule has 0 aliphatic carbocycles. The molecule has 0 aromatic carbocycles. The van der Waals surface area contributed by atoms with Crippen LogP contribution < -0.4 is 5.73 Å². The molecule has 1 fully saturated rings. The van der Waals surface area contributed by atoms with Gasteiger partial charge in [0.25, 0.3) is 0 Å². The van der Waals surface area contributed by atoms with Crippen molar-refractivity contribution < 1.29 is 0 Å². The van der Waals surface area contributed by atoms with E-state index in [1.807, 2.05) is 6.33 Å². The number of piperidine rings is 1. The average molecular weight is 236 g/mol. The molecule has 1 aromatic heterocycles. The zero-order valence-corrected chi connectivity index (χ0v) is 11.0. The van der Waals surface area contributed by atoms with E-state index in [2.05, 4.69) is 34.5 Å². The molecule has 0 bridgehead atoms. The maximum Gasteiger partial charge on any atom is 0.0950 e. The van der Waals surface area contributed by atoms with Gasteiger partial charge in [0.15, 0.2) is 0 Å². The normalized spacial score (nSPS) is 26.3. The highest BCUT2D eigenvalue weighted by Gasteiger charge is 2.22. The van der Waals surface area contributed by atoms with Crippen LogP contribution in [0.25, 0.3) is 0 Å². The third kappa shape index (κ3) is 3.30. The van der Waals surface area contributed by atoms with E-state index in [0.717, 1.165) is 24.9 Å². The van der Waals surface area contributed by atoms with E-state index in [0.29, 0.717) is 6.54 Å². The molecule has 1 aliphatic heterocycles. The van der Waals surface area contributed by atoms with Gasteiger partial charge in [-0.1, -0.05) is 13.8 Å². The second kappa shape index (κ2) is 5.65. The van der Waals surface area contributed by atoms with E-state index in [1.54, 1.807) is 0 Å². The maximum atomic E-state index is 5.53. The summed E-state index contributed by atoms with van der Waals surface area (Å²) in [5.74, 6) is 1.66. The van der Waals surface area contributed by atoms with Crippen molar-refractivity contribution in [3.05, 3.63) is 18.2 Å². The molecule has 2 N–H and O–H groups in total. The summed E-state index contributed by atoms with van der Waals surface area (Å²) in [6.07, 6.45) is 5.32. The minimum atomic E-state index is 0.675. The molecule has 96 valence electrons. The average Bonchev–Trinajstić information content (AvgIpc) is 2.72. The fraction of sp³-hybridized carbons (Fsp3) is 0.769. The highest BCUT2D eigenvalue weighted by molar-refractivity contribution is 4.97. The zero-order chi connectivity index (χ0) is 12.3. The molecule has 1 saturated heterocycles. The van der Waals surface area contributed by atoms with Crippen molar-refractivity contribution in [2.75, 3.05) is 19.6 Å². The fourth-order valence-corrected chi connectivity index (χ4v) is 2.48. The number of likely N-dealkylation sites (tertiary alicyclic amines) is 1. The largest absolute Gasteiger partial charge is 0.336 e. The predicted molar refractivity (Wildman–Crippen MR) is 69.5 cm³/mol. The number of nitrogens with zero attached hydrogens (tertiary/aromatic N) is 3. The first-order valence-corrected chi connectivity index (χ1v) is 6.62. The monoisotopic (exact) mass is 236 g/mol. The van der Waals surface area contributed by atoms with Crippen LogP contribution >= 0.6 is 0 Å². The van der Waals surface area contributed by atoms with Gasteiger partial charge in [0.2, 0.25) is 0 Å². The summed E-state index contributed by atoms with van der Waals surface area (Å²) < 4.78 is 2.07. The molecule has 2 rings (SSSR count). The number of rotatable bonds is 4. The van der Waals surface area contributed by atoms with Crippen LogP contribution in [0.2, 0.25) is 0 Å². The van der Waals surface area contributed by atoms with Crippen LogP contribution in [0, 0.1) is 11.8 Å². The lowest BCUT2D eigenvalue weighted by Crippen LogP contribution is -2.37.